The zero-order chi connectivity index (χ0) is 13.0. The number of aryl methyl sites for hydroxylation is 1. The Morgan fingerprint density at radius 2 is 2.22 bits per heavy atom. The minimum atomic E-state index is -0.474. The lowest BCUT2D eigenvalue weighted by Gasteiger charge is -2.10. The standard InChI is InChI=1S/C13H16ClN3O/c1-2-17-13(15-9-16-17)8-12(18)7-10-4-3-5-11(14)6-10/h3-6,9,12,18H,2,7-8H2,1H3. The van der Waals surface area contributed by atoms with Crippen LogP contribution in [-0.2, 0) is 19.4 Å². The Labute approximate surface area is 111 Å². The number of nitrogens with zero attached hydrogens (tertiary/aromatic N) is 3. The third kappa shape index (κ3) is 3.31. The number of rotatable bonds is 5. The van der Waals surface area contributed by atoms with E-state index >= 15 is 0 Å². The van der Waals surface area contributed by atoms with Gasteiger partial charge in [-0.2, -0.15) is 5.10 Å². The van der Waals surface area contributed by atoms with E-state index in [1.165, 1.54) is 6.33 Å². The van der Waals surface area contributed by atoms with Crippen molar-refractivity contribution < 1.29 is 5.11 Å². The molecule has 4 nitrogen and oxygen atoms in total. The Morgan fingerprint density at radius 3 is 2.94 bits per heavy atom. The van der Waals surface area contributed by atoms with E-state index in [9.17, 15) is 5.11 Å². The molecule has 0 saturated carbocycles. The van der Waals surface area contributed by atoms with E-state index < -0.39 is 6.10 Å². The molecule has 96 valence electrons. The van der Waals surface area contributed by atoms with Gasteiger partial charge >= 0.3 is 0 Å². The second-order valence-electron chi connectivity index (χ2n) is 4.18. The molecule has 0 bridgehead atoms. The number of hydrogen-bond donors (Lipinski definition) is 1. The molecule has 0 saturated heterocycles. The Balaban J connectivity index is 1.98. The average molecular weight is 266 g/mol. The molecule has 0 fully saturated rings. The van der Waals surface area contributed by atoms with Crippen molar-refractivity contribution in [3.63, 3.8) is 0 Å². The van der Waals surface area contributed by atoms with Crippen LogP contribution < -0.4 is 0 Å². The maximum absolute atomic E-state index is 10.1. The van der Waals surface area contributed by atoms with Crippen LogP contribution in [0.4, 0.5) is 0 Å². The first kappa shape index (κ1) is 13.1. The lowest BCUT2D eigenvalue weighted by atomic mass is 10.1. The van der Waals surface area contributed by atoms with Gasteiger partial charge in [-0.15, -0.1) is 0 Å². The normalized spacial score (nSPS) is 12.6. The van der Waals surface area contributed by atoms with Gasteiger partial charge in [0.1, 0.15) is 12.2 Å². The SMILES string of the molecule is CCn1ncnc1CC(O)Cc1cccc(Cl)c1. The first-order chi connectivity index (χ1) is 8.69. The van der Waals surface area contributed by atoms with Gasteiger partial charge in [0.05, 0.1) is 6.10 Å². The van der Waals surface area contributed by atoms with Crippen molar-refractivity contribution in [1.29, 1.82) is 0 Å². The Morgan fingerprint density at radius 1 is 1.39 bits per heavy atom. The summed E-state index contributed by atoms with van der Waals surface area (Å²) >= 11 is 5.91. The van der Waals surface area contributed by atoms with E-state index in [-0.39, 0.29) is 0 Å². The van der Waals surface area contributed by atoms with Crippen LogP contribution in [0.15, 0.2) is 30.6 Å². The van der Waals surface area contributed by atoms with E-state index in [0.29, 0.717) is 17.9 Å². The van der Waals surface area contributed by atoms with Gasteiger partial charge < -0.3 is 5.11 Å². The molecule has 5 heteroatoms. The third-order valence-corrected chi connectivity index (χ3v) is 3.01. The number of benzene rings is 1. The van der Waals surface area contributed by atoms with Crippen molar-refractivity contribution in [1.82, 2.24) is 14.8 Å². The molecule has 0 spiro atoms. The minimum absolute atomic E-state index is 0.474. The molecule has 1 aromatic heterocycles. The molecule has 1 unspecified atom stereocenters. The number of aliphatic hydroxyl groups is 1. The Bertz CT molecular complexity index is 512. The van der Waals surface area contributed by atoms with Crippen molar-refractivity contribution in [2.45, 2.75) is 32.4 Å². The monoisotopic (exact) mass is 265 g/mol. The quantitative estimate of drug-likeness (QED) is 0.901. The molecule has 1 N–H and O–H groups in total. The second kappa shape index (κ2) is 5.98. The van der Waals surface area contributed by atoms with Crippen LogP contribution in [0.3, 0.4) is 0 Å². The predicted molar refractivity (Wildman–Crippen MR) is 70.6 cm³/mol. The van der Waals surface area contributed by atoms with Gasteiger partial charge in [-0.3, -0.25) is 4.68 Å². The number of hydrogen-bond acceptors (Lipinski definition) is 3. The summed E-state index contributed by atoms with van der Waals surface area (Å²) in [6, 6.07) is 7.54. The summed E-state index contributed by atoms with van der Waals surface area (Å²) in [6.07, 6.45) is 2.11. The Hall–Kier alpha value is -1.39. The molecule has 1 atom stereocenters. The number of aromatic nitrogens is 3. The smallest absolute Gasteiger partial charge is 0.138 e. The predicted octanol–water partition coefficient (Wildman–Crippen LogP) is 2.10. The lowest BCUT2D eigenvalue weighted by Crippen LogP contribution is -2.17. The van der Waals surface area contributed by atoms with Gasteiger partial charge in [0.2, 0.25) is 0 Å². The molecule has 1 heterocycles. The highest BCUT2D eigenvalue weighted by Crippen LogP contribution is 2.13. The highest BCUT2D eigenvalue weighted by molar-refractivity contribution is 6.30. The van der Waals surface area contributed by atoms with Crippen molar-refractivity contribution >= 4 is 11.6 Å². The second-order valence-corrected chi connectivity index (χ2v) is 4.62. The summed E-state index contributed by atoms with van der Waals surface area (Å²) in [7, 11) is 0. The summed E-state index contributed by atoms with van der Waals surface area (Å²) in [6.45, 7) is 2.76. The summed E-state index contributed by atoms with van der Waals surface area (Å²) in [5.41, 5.74) is 1.03. The first-order valence-corrected chi connectivity index (χ1v) is 6.36. The van der Waals surface area contributed by atoms with Crippen molar-refractivity contribution in [2.75, 3.05) is 0 Å². The first-order valence-electron chi connectivity index (χ1n) is 5.98. The fourth-order valence-electron chi connectivity index (χ4n) is 1.93. The molecule has 2 rings (SSSR count). The van der Waals surface area contributed by atoms with E-state index in [2.05, 4.69) is 10.1 Å². The van der Waals surface area contributed by atoms with Gasteiger partial charge in [0.25, 0.3) is 0 Å². The fourth-order valence-corrected chi connectivity index (χ4v) is 2.14. The lowest BCUT2D eigenvalue weighted by molar-refractivity contribution is 0.171. The summed E-state index contributed by atoms with van der Waals surface area (Å²) in [5.74, 6) is 0.812. The van der Waals surface area contributed by atoms with Gasteiger partial charge in [0.15, 0.2) is 0 Å². The van der Waals surface area contributed by atoms with E-state index in [4.69, 9.17) is 11.6 Å². The van der Waals surface area contributed by atoms with Crippen LogP contribution >= 0.6 is 11.6 Å². The average Bonchev–Trinajstić information content (AvgIpc) is 2.76. The maximum atomic E-state index is 10.1. The van der Waals surface area contributed by atoms with Gasteiger partial charge in [0, 0.05) is 18.0 Å². The summed E-state index contributed by atoms with van der Waals surface area (Å²) < 4.78 is 1.79. The van der Waals surface area contributed by atoms with Crippen molar-refractivity contribution in [3.8, 4) is 0 Å². The van der Waals surface area contributed by atoms with Crippen LogP contribution in [0.5, 0.6) is 0 Å². The van der Waals surface area contributed by atoms with E-state index in [0.717, 1.165) is 17.9 Å². The highest BCUT2D eigenvalue weighted by Gasteiger charge is 2.11. The zero-order valence-corrected chi connectivity index (χ0v) is 11.0. The molecule has 2 aromatic rings. The summed E-state index contributed by atoms with van der Waals surface area (Å²) in [4.78, 5) is 4.15. The van der Waals surface area contributed by atoms with Crippen LogP contribution in [0, 0.1) is 0 Å². The molecule has 0 aliphatic heterocycles. The molecule has 0 amide bonds. The van der Waals surface area contributed by atoms with E-state index in [1.54, 1.807) is 4.68 Å². The molecule has 0 radical (unpaired) electrons. The van der Waals surface area contributed by atoms with Crippen molar-refractivity contribution in [3.05, 3.63) is 47.0 Å². The molecular weight excluding hydrogens is 250 g/mol. The number of halogens is 1. The molecule has 0 aliphatic rings. The van der Waals surface area contributed by atoms with Gasteiger partial charge in [-0.1, -0.05) is 23.7 Å². The third-order valence-electron chi connectivity index (χ3n) is 2.77. The summed E-state index contributed by atoms with van der Waals surface area (Å²) in [5, 5.41) is 14.8. The zero-order valence-electron chi connectivity index (χ0n) is 10.3. The molecule has 18 heavy (non-hydrogen) atoms. The molecule has 1 aromatic carbocycles. The number of aliphatic hydroxyl groups excluding tert-OH is 1. The van der Waals surface area contributed by atoms with Crippen LogP contribution in [0.25, 0.3) is 0 Å². The van der Waals surface area contributed by atoms with Gasteiger partial charge in [-0.05, 0) is 31.0 Å². The topological polar surface area (TPSA) is 50.9 Å². The van der Waals surface area contributed by atoms with Crippen LogP contribution in [0.1, 0.15) is 18.3 Å². The maximum Gasteiger partial charge on any atom is 0.138 e. The molecule has 0 aliphatic carbocycles. The van der Waals surface area contributed by atoms with Gasteiger partial charge in [-0.25, -0.2) is 4.98 Å². The minimum Gasteiger partial charge on any atom is -0.392 e. The molecular formula is C13H16ClN3O. The van der Waals surface area contributed by atoms with E-state index in [1.807, 2.05) is 31.2 Å². The van der Waals surface area contributed by atoms with Crippen molar-refractivity contribution in [2.24, 2.45) is 0 Å². The van der Waals surface area contributed by atoms with Crippen LogP contribution in [-0.4, -0.2) is 26.0 Å². The largest absolute Gasteiger partial charge is 0.392 e. The highest BCUT2D eigenvalue weighted by atomic mass is 35.5. The van der Waals surface area contributed by atoms with Crippen LogP contribution in [0.2, 0.25) is 5.02 Å². The fraction of sp³-hybridized carbons (Fsp3) is 0.385. The Kier molecular flexibility index (Phi) is 4.33.